The number of nitrogens with one attached hydrogen (secondary N) is 1. The molecule has 1 aromatic carbocycles. The minimum atomic E-state index is -0.148. The molecule has 0 unspecified atom stereocenters. The van der Waals surface area contributed by atoms with E-state index in [0.717, 1.165) is 11.0 Å². The molecule has 0 aromatic heterocycles. The molecule has 1 rings (SSSR count). The van der Waals surface area contributed by atoms with Crippen molar-refractivity contribution in [3.63, 3.8) is 0 Å². The maximum absolute atomic E-state index is 11.8. The average Bonchev–Trinajstić information content (AvgIpc) is 2.36. The van der Waals surface area contributed by atoms with Gasteiger partial charge in [-0.2, -0.15) is 0 Å². The van der Waals surface area contributed by atoms with E-state index in [2.05, 4.69) is 21.2 Å². The molecule has 106 valence electrons. The zero-order valence-electron chi connectivity index (χ0n) is 11.1. The van der Waals surface area contributed by atoms with Crippen LogP contribution in [0.15, 0.2) is 22.7 Å². The molecule has 0 aliphatic heterocycles. The fourth-order valence-corrected chi connectivity index (χ4v) is 1.75. The van der Waals surface area contributed by atoms with E-state index in [1.54, 1.807) is 18.2 Å². The van der Waals surface area contributed by atoms with E-state index in [0.29, 0.717) is 30.3 Å². The van der Waals surface area contributed by atoms with Gasteiger partial charge in [-0.3, -0.25) is 4.79 Å². The van der Waals surface area contributed by atoms with E-state index in [9.17, 15) is 4.79 Å². The van der Waals surface area contributed by atoms with Crippen molar-refractivity contribution < 1.29 is 9.53 Å². The number of rotatable bonds is 7. The van der Waals surface area contributed by atoms with E-state index in [1.807, 2.05) is 19.0 Å². The van der Waals surface area contributed by atoms with Gasteiger partial charge in [-0.15, -0.1) is 0 Å². The summed E-state index contributed by atoms with van der Waals surface area (Å²) in [6.45, 7) is 2.52. The second-order valence-corrected chi connectivity index (χ2v) is 5.56. The monoisotopic (exact) mass is 348 g/mol. The number of carbonyl (C=O) groups is 1. The van der Waals surface area contributed by atoms with Gasteiger partial charge in [0.05, 0.1) is 18.2 Å². The van der Waals surface area contributed by atoms with Crippen molar-refractivity contribution in [3.8, 4) is 0 Å². The molecule has 0 atom stereocenters. The highest BCUT2D eigenvalue weighted by molar-refractivity contribution is 9.10. The van der Waals surface area contributed by atoms with Crippen molar-refractivity contribution in [1.29, 1.82) is 0 Å². The first kappa shape index (κ1) is 16.4. The number of benzene rings is 1. The highest BCUT2D eigenvalue weighted by atomic mass is 79.9. The highest BCUT2D eigenvalue weighted by Gasteiger charge is 2.06. The number of ether oxygens (including phenoxy) is 1. The number of hydrogen-bond donors (Lipinski definition) is 1. The first-order valence-electron chi connectivity index (χ1n) is 5.96. The number of carbonyl (C=O) groups excluding carboxylic acids is 1. The van der Waals surface area contributed by atoms with E-state index < -0.39 is 0 Å². The zero-order valence-corrected chi connectivity index (χ0v) is 13.4. The lowest BCUT2D eigenvalue weighted by Crippen LogP contribution is -2.28. The number of hydrogen-bond acceptors (Lipinski definition) is 3. The second-order valence-electron chi connectivity index (χ2n) is 4.30. The van der Waals surface area contributed by atoms with Crippen LogP contribution in [0.25, 0.3) is 0 Å². The number of likely N-dealkylation sites (N-methyl/N-ethyl adjacent to an activating group) is 1. The summed E-state index contributed by atoms with van der Waals surface area (Å²) in [5, 5.41) is 3.31. The first-order chi connectivity index (χ1) is 9.00. The molecular formula is C13H18BrClN2O2. The van der Waals surface area contributed by atoms with Crippen molar-refractivity contribution in [2.75, 3.05) is 40.4 Å². The van der Waals surface area contributed by atoms with Crippen LogP contribution in [0.1, 0.15) is 10.4 Å². The van der Waals surface area contributed by atoms with Crippen LogP contribution in [-0.4, -0.2) is 51.2 Å². The molecule has 1 amide bonds. The third-order valence-corrected chi connectivity index (χ3v) is 3.63. The van der Waals surface area contributed by atoms with Gasteiger partial charge in [-0.25, -0.2) is 0 Å². The van der Waals surface area contributed by atoms with E-state index in [-0.39, 0.29) is 5.91 Å². The summed E-state index contributed by atoms with van der Waals surface area (Å²) in [5.74, 6) is -0.148. The van der Waals surface area contributed by atoms with Gasteiger partial charge in [0.2, 0.25) is 0 Å². The Hall–Kier alpha value is -0.620. The van der Waals surface area contributed by atoms with Crippen molar-refractivity contribution in [3.05, 3.63) is 33.3 Å². The maximum Gasteiger partial charge on any atom is 0.251 e. The Kier molecular flexibility index (Phi) is 7.38. The molecule has 1 aromatic rings. The molecule has 4 nitrogen and oxygen atoms in total. The lowest BCUT2D eigenvalue weighted by atomic mass is 10.2. The first-order valence-corrected chi connectivity index (χ1v) is 7.13. The Balaban J connectivity index is 2.26. The Morgan fingerprint density at radius 2 is 2.16 bits per heavy atom. The van der Waals surface area contributed by atoms with E-state index >= 15 is 0 Å². The summed E-state index contributed by atoms with van der Waals surface area (Å²) in [6, 6.07) is 5.11. The molecule has 0 radical (unpaired) electrons. The molecule has 0 heterocycles. The van der Waals surface area contributed by atoms with Crippen LogP contribution >= 0.6 is 27.5 Å². The quantitative estimate of drug-likeness (QED) is 0.769. The van der Waals surface area contributed by atoms with Gasteiger partial charge in [0.25, 0.3) is 5.91 Å². The second kappa shape index (κ2) is 8.53. The molecular weight excluding hydrogens is 332 g/mol. The lowest BCUT2D eigenvalue weighted by Gasteiger charge is -2.10. The predicted octanol–water partition coefficient (Wildman–Crippen LogP) is 2.41. The standard InChI is InChI=1S/C13H18BrClN2O2/c1-17(2)6-8-19-7-5-16-13(18)10-3-4-11(14)12(15)9-10/h3-4,9H,5-8H2,1-2H3,(H,16,18). The average molecular weight is 350 g/mol. The normalized spacial score (nSPS) is 10.8. The van der Waals surface area contributed by atoms with Gasteiger partial charge in [0.1, 0.15) is 0 Å². The maximum atomic E-state index is 11.8. The minimum absolute atomic E-state index is 0.148. The van der Waals surface area contributed by atoms with Crippen LogP contribution in [-0.2, 0) is 4.74 Å². The summed E-state index contributed by atoms with van der Waals surface area (Å²) in [5.41, 5.74) is 0.543. The van der Waals surface area contributed by atoms with Crippen LogP contribution < -0.4 is 5.32 Å². The molecule has 0 saturated carbocycles. The SMILES string of the molecule is CN(C)CCOCCNC(=O)c1ccc(Br)c(Cl)c1. The third kappa shape index (κ3) is 6.38. The molecule has 1 N–H and O–H groups in total. The van der Waals surface area contributed by atoms with Crippen molar-refractivity contribution in [2.45, 2.75) is 0 Å². The van der Waals surface area contributed by atoms with Gasteiger partial charge in [-0.05, 0) is 48.2 Å². The summed E-state index contributed by atoms with van der Waals surface area (Å²) in [7, 11) is 3.98. The minimum Gasteiger partial charge on any atom is -0.378 e. The summed E-state index contributed by atoms with van der Waals surface area (Å²) in [4.78, 5) is 13.8. The van der Waals surface area contributed by atoms with Gasteiger partial charge in [0, 0.05) is 23.1 Å². The Bertz CT molecular complexity index is 427. The predicted molar refractivity (Wildman–Crippen MR) is 80.9 cm³/mol. The van der Waals surface area contributed by atoms with Crippen LogP contribution in [0.3, 0.4) is 0 Å². The van der Waals surface area contributed by atoms with Crippen molar-refractivity contribution in [1.82, 2.24) is 10.2 Å². The molecule has 0 bridgehead atoms. The van der Waals surface area contributed by atoms with Crippen LogP contribution in [0.4, 0.5) is 0 Å². The molecule has 0 aliphatic carbocycles. The van der Waals surface area contributed by atoms with Crippen molar-refractivity contribution in [2.24, 2.45) is 0 Å². The van der Waals surface area contributed by atoms with Gasteiger partial charge >= 0.3 is 0 Å². The number of amides is 1. The van der Waals surface area contributed by atoms with Crippen LogP contribution in [0, 0.1) is 0 Å². The fraction of sp³-hybridized carbons (Fsp3) is 0.462. The summed E-state index contributed by atoms with van der Waals surface area (Å²) in [6.07, 6.45) is 0. The molecule has 0 saturated heterocycles. The Morgan fingerprint density at radius 1 is 1.42 bits per heavy atom. The number of nitrogens with zero attached hydrogens (tertiary/aromatic N) is 1. The molecule has 0 fully saturated rings. The topological polar surface area (TPSA) is 41.6 Å². The van der Waals surface area contributed by atoms with Crippen LogP contribution in [0.5, 0.6) is 0 Å². The number of halogens is 2. The third-order valence-electron chi connectivity index (χ3n) is 2.40. The highest BCUT2D eigenvalue weighted by Crippen LogP contribution is 2.22. The van der Waals surface area contributed by atoms with Crippen LogP contribution in [0.2, 0.25) is 5.02 Å². The smallest absolute Gasteiger partial charge is 0.251 e. The molecule has 0 aliphatic rings. The molecule has 0 spiro atoms. The van der Waals surface area contributed by atoms with E-state index in [1.165, 1.54) is 0 Å². The molecule has 19 heavy (non-hydrogen) atoms. The van der Waals surface area contributed by atoms with E-state index in [4.69, 9.17) is 16.3 Å². The summed E-state index contributed by atoms with van der Waals surface area (Å²) >= 11 is 9.22. The van der Waals surface area contributed by atoms with Gasteiger partial charge < -0.3 is 15.0 Å². The van der Waals surface area contributed by atoms with Gasteiger partial charge in [-0.1, -0.05) is 11.6 Å². The van der Waals surface area contributed by atoms with Crippen molar-refractivity contribution >= 4 is 33.4 Å². The van der Waals surface area contributed by atoms with Gasteiger partial charge in [0.15, 0.2) is 0 Å². The zero-order chi connectivity index (χ0) is 14.3. The fourth-order valence-electron chi connectivity index (χ4n) is 1.33. The Labute approximate surface area is 127 Å². The Morgan fingerprint density at radius 3 is 2.79 bits per heavy atom. The summed E-state index contributed by atoms with van der Waals surface area (Å²) < 4.78 is 6.16. The largest absolute Gasteiger partial charge is 0.378 e. The molecule has 6 heteroatoms. The lowest BCUT2D eigenvalue weighted by molar-refractivity contribution is 0.0900.